The highest BCUT2D eigenvalue weighted by Crippen LogP contribution is 2.36. The van der Waals surface area contributed by atoms with Crippen molar-refractivity contribution in [2.75, 3.05) is 33.9 Å². The van der Waals surface area contributed by atoms with Crippen molar-refractivity contribution < 1.29 is 27.8 Å². The standard InChI is InChI=1S/C25H34N2O6S/c1-6-25(29)26(4)15-23-17(2)14-27(18(3)16-28)34(30,31)24-12-9-20(13-22(24)33-23)19-7-10-21(32-5)11-8-19/h7-13,17-18,23,28H,6,14-16H2,1-5H3/t17-,18+,23+/m0/s1. The number of ether oxygens (including phenoxy) is 2. The van der Waals surface area contributed by atoms with Crippen LogP contribution >= 0.6 is 0 Å². The van der Waals surface area contributed by atoms with Crippen molar-refractivity contribution >= 4 is 15.9 Å². The molecule has 0 aromatic heterocycles. The lowest BCUT2D eigenvalue weighted by Gasteiger charge is -2.37. The third-order valence-electron chi connectivity index (χ3n) is 6.27. The number of hydrogen-bond donors (Lipinski definition) is 1. The molecule has 1 amide bonds. The number of methoxy groups -OCH3 is 1. The van der Waals surface area contributed by atoms with Gasteiger partial charge in [0.15, 0.2) is 0 Å². The van der Waals surface area contributed by atoms with Gasteiger partial charge in [-0.3, -0.25) is 4.79 Å². The molecule has 1 N–H and O–H groups in total. The van der Waals surface area contributed by atoms with E-state index in [2.05, 4.69) is 0 Å². The Kier molecular flexibility index (Phi) is 8.22. The number of amides is 1. The fourth-order valence-corrected chi connectivity index (χ4v) is 5.87. The Bertz CT molecular complexity index is 1100. The Hall–Kier alpha value is -2.62. The van der Waals surface area contributed by atoms with Gasteiger partial charge in [0.1, 0.15) is 22.5 Å². The predicted molar refractivity (Wildman–Crippen MR) is 130 cm³/mol. The fourth-order valence-electron chi connectivity index (χ4n) is 4.05. The van der Waals surface area contributed by atoms with Gasteiger partial charge in [-0.25, -0.2) is 8.42 Å². The first-order valence-electron chi connectivity index (χ1n) is 11.4. The van der Waals surface area contributed by atoms with Crippen LogP contribution in [0.5, 0.6) is 11.5 Å². The van der Waals surface area contributed by atoms with Gasteiger partial charge in [-0.15, -0.1) is 0 Å². The second-order valence-corrected chi connectivity index (χ2v) is 10.6. The van der Waals surface area contributed by atoms with E-state index < -0.39 is 22.2 Å². The lowest BCUT2D eigenvalue weighted by Crippen LogP contribution is -2.50. The molecule has 2 aromatic carbocycles. The molecule has 8 nitrogen and oxygen atoms in total. The van der Waals surface area contributed by atoms with Gasteiger partial charge in [0.05, 0.1) is 20.3 Å². The van der Waals surface area contributed by atoms with Crippen molar-refractivity contribution in [3.63, 3.8) is 0 Å². The summed E-state index contributed by atoms with van der Waals surface area (Å²) in [4.78, 5) is 13.9. The van der Waals surface area contributed by atoms with Crippen LogP contribution in [0.2, 0.25) is 0 Å². The molecule has 3 atom stereocenters. The molecule has 0 saturated carbocycles. The monoisotopic (exact) mass is 490 g/mol. The molecule has 3 rings (SSSR count). The Morgan fingerprint density at radius 2 is 1.88 bits per heavy atom. The van der Waals surface area contributed by atoms with Crippen LogP contribution in [0, 0.1) is 5.92 Å². The summed E-state index contributed by atoms with van der Waals surface area (Å²) in [6.07, 6.45) is -0.0630. The summed E-state index contributed by atoms with van der Waals surface area (Å²) in [6.45, 7) is 5.57. The zero-order chi connectivity index (χ0) is 25.0. The molecule has 0 unspecified atom stereocenters. The van der Waals surface area contributed by atoms with Gasteiger partial charge in [-0.05, 0) is 42.3 Å². The summed E-state index contributed by atoms with van der Waals surface area (Å²) in [7, 11) is -0.602. The fraction of sp³-hybridized carbons (Fsp3) is 0.480. The van der Waals surface area contributed by atoms with Crippen LogP contribution in [0.3, 0.4) is 0 Å². The van der Waals surface area contributed by atoms with Crippen LogP contribution in [-0.2, 0) is 14.8 Å². The van der Waals surface area contributed by atoms with Crippen molar-refractivity contribution in [1.29, 1.82) is 0 Å². The maximum absolute atomic E-state index is 13.6. The van der Waals surface area contributed by atoms with Crippen LogP contribution in [0.25, 0.3) is 11.1 Å². The molecule has 0 saturated heterocycles. The quantitative estimate of drug-likeness (QED) is 0.641. The molecule has 1 aliphatic heterocycles. The number of likely N-dealkylation sites (N-methyl/N-ethyl adjacent to an activating group) is 1. The molecule has 1 heterocycles. The molecule has 0 fully saturated rings. The van der Waals surface area contributed by atoms with Crippen LogP contribution in [-0.4, -0.2) is 74.6 Å². The Balaban J connectivity index is 2.10. The summed E-state index contributed by atoms with van der Waals surface area (Å²) in [6, 6.07) is 11.9. The number of aliphatic hydroxyl groups excluding tert-OH is 1. The molecular formula is C25H34N2O6S. The summed E-state index contributed by atoms with van der Waals surface area (Å²) < 4.78 is 40.1. The number of hydrogen-bond acceptors (Lipinski definition) is 6. The van der Waals surface area contributed by atoms with Gasteiger partial charge < -0.3 is 19.5 Å². The SMILES string of the molecule is CCC(=O)N(C)C[C@H]1Oc2cc(-c3ccc(OC)cc3)ccc2S(=O)(=O)N([C@H](C)CO)C[C@@H]1C. The van der Waals surface area contributed by atoms with Crippen molar-refractivity contribution in [1.82, 2.24) is 9.21 Å². The van der Waals surface area contributed by atoms with E-state index in [1.807, 2.05) is 31.2 Å². The van der Waals surface area contributed by atoms with E-state index in [-0.39, 0.29) is 35.6 Å². The molecule has 34 heavy (non-hydrogen) atoms. The Morgan fingerprint density at radius 3 is 2.47 bits per heavy atom. The number of carbonyl (C=O) groups excluding carboxylic acids is 1. The van der Waals surface area contributed by atoms with E-state index in [1.54, 1.807) is 51.1 Å². The lowest BCUT2D eigenvalue weighted by atomic mass is 10.0. The first-order valence-corrected chi connectivity index (χ1v) is 12.9. The minimum Gasteiger partial charge on any atom is -0.497 e. The minimum atomic E-state index is -3.92. The zero-order valence-corrected chi connectivity index (χ0v) is 21.2. The third-order valence-corrected chi connectivity index (χ3v) is 8.29. The number of aliphatic hydroxyl groups is 1. The van der Waals surface area contributed by atoms with E-state index in [0.29, 0.717) is 13.0 Å². The molecule has 2 aromatic rings. The van der Waals surface area contributed by atoms with Gasteiger partial charge in [0, 0.05) is 32.0 Å². The van der Waals surface area contributed by atoms with E-state index in [4.69, 9.17) is 9.47 Å². The highest BCUT2D eigenvalue weighted by Gasteiger charge is 2.38. The van der Waals surface area contributed by atoms with Crippen molar-refractivity contribution in [3.05, 3.63) is 42.5 Å². The van der Waals surface area contributed by atoms with Gasteiger partial charge in [-0.1, -0.05) is 32.0 Å². The number of benzene rings is 2. The topological polar surface area (TPSA) is 96.4 Å². The van der Waals surface area contributed by atoms with Crippen molar-refractivity contribution in [2.45, 2.75) is 44.2 Å². The molecule has 186 valence electrons. The van der Waals surface area contributed by atoms with Crippen molar-refractivity contribution in [3.8, 4) is 22.6 Å². The Morgan fingerprint density at radius 1 is 1.24 bits per heavy atom. The highest BCUT2D eigenvalue weighted by molar-refractivity contribution is 7.89. The molecule has 0 aliphatic carbocycles. The van der Waals surface area contributed by atoms with Crippen LogP contribution < -0.4 is 9.47 Å². The maximum atomic E-state index is 13.6. The third kappa shape index (κ3) is 5.37. The van der Waals surface area contributed by atoms with Gasteiger partial charge in [0.25, 0.3) is 0 Å². The minimum absolute atomic E-state index is 0.0155. The Labute approximate surface area is 202 Å². The smallest absolute Gasteiger partial charge is 0.247 e. The molecule has 9 heteroatoms. The maximum Gasteiger partial charge on any atom is 0.247 e. The highest BCUT2D eigenvalue weighted by atomic mass is 32.2. The van der Waals surface area contributed by atoms with E-state index >= 15 is 0 Å². The van der Waals surface area contributed by atoms with E-state index in [9.17, 15) is 18.3 Å². The molecule has 0 spiro atoms. The normalized spacial score (nSPS) is 20.9. The van der Waals surface area contributed by atoms with Gasteiger partial charge in [-0.2, -0.15) is 4.31 Å². The summed E-state index contributed by atoms with van der Waals surface area (Å²) in [5.41, 5.74) is 1.68. The van der Waals surface area contributed by atoms with Gasteiger partial charge in [0.2, 0.25) is 15.9 Å². The summed E-state index contributed by atoms with van der Waals surface area (Å²) in [5.74, 6) is 0.712. The van der Waals surface area contributed by atoms with Crippen molar-refractivity contribution in [2.24, 2.45) is 5.92 Å². The van der Waals surface area contributed by atoms with Crippen LogP contribution in [0.4, 0.5) is 0 Å². The predicted octanol–water partition coefficient (Wildman–Crippen LogP) is 3.00. The van der Waals surface area contributed by atoms with Crippen LogP contribution in [0.1, 0.15) is 27.2 Å². The van der Waals surface area contributed by atoms with E-state index in [1.165, 1.54) is 4.31 Å². The zero-order valence-electron chi connectivity index (χ0n) is 20.4. The summed E-state index contributed by atoms with van der Waals surface area (Å²) in [5, 5.41) is 9.77. The number of nitrogens with zero attached hydrogens (tertiary/aromatic N) is 2. The average molecular weight is 491 g/mol. The lowest BCUT2D eigenvalue weighted by molar-refractivity contribution is -0.131. The number of rotatable bonds is 7. The number of fused-ring (bicyclic) bond motifs is 1. The summed E-state index contributed by atoms with van der Waals surface area (Å²) >= 11 is 0. The number of sulfonamides is 1. The second kappa shape index (κ2) is 10.8. The number of carbonyl (C=O) groups is 1. The molecule has 0 radical (unpaired) electrons. The first kappa shape index (κ1) is 26.0. The van der Waals surface area contributed by atoms with Gasteiger partial charge >= 0.3 is 0 Å². The van der Waals surface area contributed by atoms with E-state index in [0.717, 1.165) is 16.9 Å². The average Bonchev–Trinajstić information content (AvgIpc) is 2.84. The second-order valence-electron chi connectivity index (χ2n) is 8.76. The molecular weight excluding hydrogens is 456 g/mol. The molecule has 0 bridgehead atoms. The largest absolute Gasteiger partial charge is 0.497 e. The molecule has 1 aliphatic rings. The first-order chi connectivity index (χ1) is 16.1. The van der Waals surface area contributed by atoms with Crippen LogP contribution in [0.15, 0.2) is 47.4 Å².